The molecule has 0 N–H and O–H groups in total. The topological polar surface area (TPSA) is 36.8 Å². The number of nitrogens with zero attached hydrogens (tertiary/aromatic N) is 4. The number of hydrogen-bond donors (Lipinski definition) is 0. The van der Waals surface area contributed by atoms with Crippen LogP contribution in [0.5, 0.6) is 0 Å². The van der Waals surface area contributed by atoms with Crippen molar-refractivity contribution in [1.82, 2.24) is 18.3 Å². The second-order valence-corrected chi connectivity index (χ2v) is 33.1. The first-order valence-corrected chi connectivity index (χ1v) is 43.2. The molecule has 0 radical (unpaired) electrons. The van der Waals surface area contributed by atoms with Crippen LogP contribution < -0.4 is 0 Å². The zero-order valence-electron chi connectivity index (χ0n) is 68.7. The summed E-state index contributed by atoms with van der Waals surface area (Å²) in [5, 5.41) is 9.22. The molecule has 0 amide bonds. The van der Waals surface area contributed by atoms with Gasteiger partial charge in [-0.3, -0.25) is 4.79 Å². The van der Waals surface area contributed by atoms with Gasteiger partial charge >= 0.3 is 0 Å². The summed E-state index contributed by atoms with van der Waals surface area (Å²) >= 11 is 0. The number of aromatic nitrogens is 4. The van der Waals surface area contributed by atoms with Crippen molar-refractivity contribution in [3.63, 3.8) is 0 Å². The van der Waals surface area contributed by atoms with E-state index in [1.165, 1.54) is 66.1 Å². The van der Waals surface area contributed by atoms with E-state index < -0.39 is 0 Å². The molecule has 24 aromatic rings. The quantitative estimate of drug-likeness (QED) is 0.0888. The number of rotatable bonds is 16. The first kappa shape index (κ1) is 73.2. The minimum absolute atomic E-state index is 0.0615. The Morgan fingerprint density at radius 2 is 0.317 bits per heavy atom. The smallest absolute Gasteiger partial charge is 0.193 e. The zero-order valence-corrected chi connectivity index (χ0v) is 68.7. The molecule has 4 heterocycles. The Labute approximate surface area is 729 Å². The largest absolute Gasteiger partial charge is 0.309 e. The first-order valence-electron chi connectivity index (χ1n) is 43.2. The van der Waals surface area contributed by atoms with Crippen LogP contribution >= 0.6 is 0 Å². The van der Waals surface area contributed by atoms with E-state index in [0.717, 1.165) is 155 Å². The maximum absolute atomic E-state index is 15.6. The van der Waals surface area contributed by atoms with Gasteiger partial charge in [0.25, 0.3) is 0 Å². The minimum atomic E-state index is -0.0615. The lowest BCUT2D eigenvalue weighted by Gasteiger charge is -2.14. The van der Waals surface area contributed by atoms with Gasteiger partial charge in [0, 0.05) is 77.0 Å². The van der Waals surface area contributed by atoms with Gasteiger partial charge in [0.1, 0.15) is 0 Å². The zero-order chi connectivity index (χ0) is 83.3. The normalized spacial score (nSPS) is 11.7. The van der Waals surface area contributed by atoms with Gasteiger partial charge in [-0.1, -0.05) is 303 Å². The van der Waals surface area contributed by atoms with E-state index >= 15 is 4.79 Å². The van der Waals surface area contributed by atoms with Gasteiger partial charge in [0.15, 0.2) is 5.78 Å². The summed E-state index contributed by atoms with van der Waals surface area (Å²) in [6.07, 6.45) is 0. The van der Waals surface area contributed by atoms with Crippen molar-refractivity contribution in [1.29, 1.82) is 0 Å². The monoisotopic (exact) mass is 1600 g/mol. The predicted octanol–water partition coefficient (Wildman–Crippen LogP) is 32.0. The summed E-state index contributed by atoms with van der Waals surface area (Å²) in [7, 11) is 0. The highest BCUT2D eigenvalue weighted by molar-refractivity contribution is 6.17. The summed E-state index contributed by atoms with van der Waals surface area (Å²) in [5.41, 5.74) is 37.0. The Kier molecular flexibility index (Phi) is 17.7. The van der Waals surface area contributed by atoms with E-state index in [1.54, 1.807) is 0 Å². The van der Waals surface area contributed by atoms with Gasteiger partial charge in [0.05, 0.1) is 44.1 Å². The first-order chi connectivity index (χ1) is 62.3. The molecule has 126 heavy (non-hydrogen) atoms. The summed E-state index contributed by atoms with van der Waals surface area (Å²) in [4.78, 5) is 15.6. The van der Waals surface area contributed by atoms with Gasteiger partial charge in [-0.25, -0.2) is 0 Å². The Bertz CT molecular complexity index is 7830. The fourth-order valence-electron chi connectivity index (χ4n) is 19.6. The maximum atomic E-state index is 15.6. The van der Waals surface area contributed by atoms with Crippen LogP contribution in [0.2, 0.25) is 0 Å². The molecule has 20 aromatic carbocycles. The lowest BCUT2D eigenvalue weighted by molar-refractivity contribution is 0.103. The molecule has 5 heteroatoms. The van der Waals surface area contributed by atoms with Crippen molar-refractivity contribution in [3.05, 3.63) is 484 Å². The second kappa shape index (κ2) is 30.5. The number of para-hydroxylation sites is 2. The highest BCUT2D eigenvalue weighted by Gasteiger charge is 2.24. The summed E-state index contributed by atoms with van der Waals surface area (Å²) in [6.45, 7) is 0. The third-order valence-electron chi connectivity index (χ3n) is 25.7. The molecule has 588 valence electrons. The van der Waals surface area contributed by atoms with Crippen molar-refractivity contribution in [3.8, 4) is 134 Å². The Morgan fingerprint density at radius 1 is 0.127 bits per heavy atom. The summed E-state index contributed by atoms with van der Waals surface area (Å²) < 4.78 is 9.52. The van der Waals surface area contributed by atoms with E-state index in [-0.39, 0.29) is 5.78 Å². The SMILES string of the molecule is O=C(c1cccc(-n2c3ccc(-c4ccccc4)cc3c3cc(-c4ccc5c(c4)c4ccccc4n5-c4cccc(-c5cc(-c6ccccc6)cc(-c6ccccc6)c5)c4)ccc32)c1)c1cccc(-n2c3ccc(-c4ccccc4)cc3c3cc(-c4ccc5c(c4)c4ccccc4n5-c4cccc(-c5cc(-c6ccccc6)cc(-c6ccccc6)c5)c4)ccc32)c1. The Balaban J connectivity index is 0.574. The van der Waals surface area contributed by atoms with Crippen LogP contribution in [0.1, 0.15) is 15.9 Å². The molecule has 0 aliphatic carbocycles. The fraction of sp³-hybridized carbons (Fsp3) is 0. The standard InChI is InChI=1S/C121H78N4O/c126-121(93-41-25-45-103(71-93)124-117-57-51-87(79-27-7-1-8-28-79)73-109(117)111-77-91(55-61-119(111)124)89-53-59-115-107(75-89)105-47-19-21-49-113(105)122(115)101-43-23-39-85(69-101)99-65-95(81-31-11-3-12-32-81)63-96(66-99)82-33-13-4-14-34-82)94-42-26-46-104(72-94)125-118-58-52-88(80-29-9-2-10-30-80)74-110(118)112-78-92(56-62-120(112)125)90-54-60-116-108(76-90)106-48-20-22-50-114(106)123(116)102-44-24-40-86(70-102)100-67-97(83-35-15-5-16-36-83)64-98(68-100)84-37-17-6-18-38-84/h1-78H. The van der Waals surface area contributed by atoms with E-state index in [0.29, 0.717) is 11.1 Å². The molecule has 5 nitrogen and oxygen atoms in total. The van der Waals surface area contributed by atoms with Crippen LogP contribution in [-0.4, -0.2) is 24.1 Å². The van der Waals surface area contributed by atoms with Crippen LogP contribution in [-0.2, 0) is 0 Å². The van der Waals surface area contributed by atoms with Crippen LogP contribution in [0.3, 0.4) is 0 Å². The lowest BCUT2D eigenvalue weighted by atomic mass is 9.93. The van der Waals surface area contributed by atoms with Gasteiger partial charge in [-0.15, -0.1) is 0 Å². The Morgan fingerprint density at radius 3 is 0.595 bits per heavy atom. The molecular formula is C121H78N4O. The maximum Gasteiger partial charge on any atom is 0.193 e. The van der Waals surface area contributed by atoms with Crippen LogP contribution in [0.25, 0.3) is 221 Å². The van der Waals surface area contributed by atoms with Crippen molar-refractivity contribution in [2.75, 3.05) is 0 Å². The lowest BCUT2D eigenvalue weighted by Crippen LogP contribution is -2.04. The molecule has 24 rings (SSSR count). The van der Waals surface area contributed by atoms with Crippen LogP contribution in [0.15, 0.2) is 473 Å². The molecule has 4 aromatic heterocycles. The summed E-state index contributed by atoms with van der Waals surface area (Å²) in [5.74, 6) is -0.0615. The fourth-order valence-corrected chi connectivity index (χ4v) is 19.6. The molecule has 0 unspecified atom stereocenters. The van der Waals surface area contributed by atoms with E-state index in [1.807, 2.05) is 24.3 Å². The number of ketones is 1. The van der Waals surface area contributed by atoms with Crippen molar-refractivity contribution in [2.45, 2.75) is 0 Å². The summed E-state index contributed by atoms with van der Waals surface area (Å²) in [6, 6.07) is 171. The van der Waals surface area contributed by atoms with Crippen LogP contribution in [0.4, 0.5) is 0 Å². The average molecular weight is 1600 g/mol. The van der Waals surface area contributed by atoms with Crippen LogP contribution in [0, 0.1) is 0 Å². The van der Waals surface area contributed by atoms with Gasteiger partial charge in [0.2, 0.25) is 0 Å². The predicted molar refractivity (Wildman–Crippen MR) is 528 cm³/mol. The van der Waals surface area contributed by atoms with Crippen molar-refractivity contribution >= 4 is 93.0 Å². The van der Waals surface area contributed by atoms with E-state index in [9.17, 15) is 0 Å². The second-order valence-electron chi connectivity index (χ2n) is 33.1. The van der Waals surface area contributed by atoms with E-state index in [2.05, 4.69) is 467 Å². The number of benzene rings is 20. The molecule has 0 atom stereocenters. The Hall–Kier alpha value is -16.7. The van der Waals surface area contributed by atoms with Crippen molar-refractivity contribution < 1.29 is 4.79 Å². The number of carbonyl (C=O) groups excluding carboxylic acids is 1. The molecule has 0 saturated carbocycles. The number of fused-ring (bicyclic) bond motifs is 12. The third-order valence-corrected chi connectivity index (χ3v) is 25.7. The highest BCUT2D eigenvalue weighted by atomic mass is 16.1. The molecule has 0 aliphatic heterocycles. The van der Waals surface area contributed by atoms with E-state index in [4.69, 9.17) is 0 Å². The number of carbonyl (C=O) groups is 1. The van der Waals surface area contributed by atoms with Crippen molar-refractivity contribution in [2.24, 2.45) is 0 Å². The van der Waals surface area contributed by atoms with Gasteiger partial charge in [-0.2, -0.15) is 0 Å². The molecule has 0 aliphatic rings. The molecule has 0 fully saturated rings. The average Bonchev–Trinajstić information content (AvgIpc) is 1.58. The van der Waals surface area contributed by atoms with Gasteiger partial charge < -0.3 is 18.3 Å². The number of hydrogen-bond acceptors (Lipinski definition) is 1. The molecule has 0 saturated heterocycles. The molecule has 0 bridgehead atoms. The van der Waals surface area contributed by atoms with Gasteiger partial charge in [-0.05, 0) is 281 Å². The molecule has 0 spiro atoms. The minimum Gasteiger partial charge on any atom is -0.309 e. The highest BCUT2D eigenvalue weighted by Crippen LogP contribution is 2.46. The third kappa shape index (κ3) is 12.8. The molecular weight excluding hydrogens is 1530 g/mol.